The largest absolute Gasteiger partial charge is 0.416 e. The van der Waals surface area contributed by atoms with Crippen LogP contribution in [-0.2, 0) is 6.18 Å². The maximum absolute atomic E-state index is 12.9. The molecule has 0 saturated carbocycles. The van der Waals surface area contributed by atoms with E-state index in [0.29, 0.717) is 16.9 Å². The molecule has 27 heavy (non-hydrogen) atoms. The Morgan fingerprint density at radius 1 is 1.11 bits per heavy atom. The molecule has 4 nitrogen and oxygen atoms in total. The molecule has 0 spiro atoms. The molecule has 0 aliphatic rings. The number of nitrogens with zero attached hydrogens (tertiary/aromatic N) is 2. The number of amides is 1. The first-order valence-corrected chi connectivity index (χ1v) is 8.80. The first-order chi connectivity index (χ1) is 12.9. The number of alkyl halides is 3. The lowest BCUT2D eigenvalue weighted by molar-refractivity contribution is -0.137. The van der Waals surface area contributed by atoms with Crippen LogP contribution in [0.2, 0.25) is 0 Å². The highest BCUT2D eigenvalue weighted by atomic mass is 32.1. The summed E-state index contributed by atoms with van der Waals surface area (Å²) < 4.78 is 40.5. The summed E-state index contributed by atoms with van der Waals surface area (Å²) in [5.74, 6) is -0.616. The molecule has 2 aromatic carbocycles. The molecule has 0 radical (unpaired) electrons. The van der Waals surface area contributed by atoms with Crippen molar-refractivity contribution >= 4 is 27.9 Å². The quantitative estimate of drug-likeness (QED) is 0.516. The zero-order chi connectivity index (χ0) is 19.0. The zero-order valence-electron chi connectivity index (χ0n) is 13.7. The topological polar surface area (TPSA) is 46.4 Å². The molecule has 1 amide bonds. The Kier molecular flexibility index (Phi) is 4.19. The van der Waals surface area contributed by atoms with E-state index in [4.69, 9.17) is 0 Å². The van der Waals surface area contributed by atoms with Crippen LogP contribution in [0.4, 0.5) is 18.9 Å². The zero-order valence-corrected chi connectivity index (χ0v) is 14.5. The average molecular weight is 387 g/mol. The minimum absolute atomic E-state index is 0.0644. The summed E-state index contributed by atoms with van der Waals surface area (Å²) in [6.45, 7) is 0. The van der Waals surface area contributed by atoms with Gasteiger partial charge < -0.3 is 5.32 Å². The number of rotatable bonds is 3. The molecule has 0 bridgehead atoms. The molecule has 0 fully saturated rings. The second-order valence-corrected chi connectivity index (χ2v) is 6.67. The van der Waals surface area contributed by atoms with E-state index >= 15 is 0 Å². The van der Waals surface area contributed by atoms with Crippen LogP contribution < -0.4 is 5.32 Å². The molecule has 0 atom stereocenters. The summed E-state index contributed by atoms with van der Waals surface area (Å²) in [5, 5.41) is 4.60. The second-order valence-electron chi connectivity index (χ2n) is 5.80. The van der Waals surface area contributed by atoms with Gasteiger partial charge in [0.15, 0.2) is 4.96 Å². The standard InChI is InChI=1S/C19H12F3N3OS/c20-19(21,22)13-5-3-4-12(10-13)17(26)23-15-7-2-1-6-14(15)16-11-25-8-9-27-18(25)24-16/h1-11H,(H,23,26). The lowest BCUT2D eigenvalue weighted by atomic mass is 10.1. The van der Waals surface area contributed by atoms with Crippen LogP contribution >= 0.6 is 11.3 Å². The molecule has 4 aromatic rings. The third kappa shape index (κ3) is 3.43. The Labute approximate surface area is 155 Å². The van der Waals surface area contributed by atoms with Crippen LogP contribution in [0.5, 0.6) is 0 Å². The summed E-state index contributed by atoms with van der Waals surface area (Å²) in [6.07, 6.45) is -0.794. The van der Waals surface area contributed by atoms with E-state index in [1.54, 1.807) is 18.2 Å². The number of nitrogens with one attached hydrogen (secondary N) is 1. The van der Waals surface area contributed by atoms with E-state index in [9.17, 15) is 18.0 Å². The predicted molar refractivity (Wildman–Crippen MR) is 97.9 cm³/mol. The number of para-hydroxylation sites is 1. The summed E-state index contributed by atoms with van der Waals surface area (Å²) in [5.41, 5.74) is 0.907. The smallest absolute Gasteiger partial charge is 0.321 e. The van der Waals surface area contributed by atoms with Gasteiger partial charge in [-0.3, -0.25) is 9.20 Å². The summed E-state index contributed by atoms with van der Waals surface area (Å²) in [7, 11) is 0. The third-order valence-corrected chi connectivity index (χ3v) is 4.77. The van der Waals surface area contributed by atoms with Gasteiger partial charge in [0.2, 0.25) is 0 Å². The summed E-state index contributed by atoms with van der Waals surface area (Å²) in [6, 6.07) is 11.4. The van der Waals surface area contributed by atoms with Crippen molar-refractivity contribution in [1.82, 2.24) is 9.38 Å². The lowest BCUT2D eigenvalue weighted by Gasteiger charge is -2.11. The average Bonchev–Trinajstić information content (AvgIpc) is 3.23. The van der Waals surface area contributed by atoms with Crippen LogP contribution in [0.15, 0.2) is 66.3 Å². The first kappa shape index (κ1) is 17.3. The van der Waals surface area contributed by atoms with E-state index < -0.39 is 17.6 Å². The van der Waals surface area contributed by atoms with Crippen molar-refractivity contribution in [3.8, 4) is 11.3 Å². The maximum Gasteiger partial charge on any atom is 0.416 e. The summed E-state index contributed by atoms with van der Waals surface area (Å²) >= 11 is 1.48. The minimum atomic E-state index is -4.50. The molecule has 2 heterocycles. The van der Waals surface area contributed by atoms with Crippen molar-refractivity contribution in [1.29, 1.82) is 0 Å². The highest BCUT2D eigenvalue weighted by molar-refractivity contribution is 7.15. The molecule has 8 heteroatoms. The van der Waals surface area contributed by atoms with Gasteiger partial charge in [-0.2, -0.15) is 13.2 Å². The number of benzene rings is 2. The fourth-order valence-corrected chi connectivity index (χ4v) is 3.40. The number of carbonyl (C=O) groups is 1. The highest BCUT2D eigenvalue weighted by Gasteiger charge is 2.31. The molecule has 0 unspecified atom stereocenters. The van der Waals surface area contributed by atoms with E-state index in [1.807, 2.05) is 28.2 Å². The molecule has 1 N–H and O–H groups in total. The van der Waals surface area contributed by atoms with Crippen LogP contribution in [0.3, 0.4) is 0 Å². The van der Waals surface area contributed by atoms with E-state index in [-0.39, 0.29) is 5.56 Å². The molecule has 0 saturated heterocycles. The van der Waals surface area contributed by atoms with E-state index in [2.05, 4.69) is 10.3 Å². The molecule has 0 aliphatic heterocycles. The molecular weight excluding hydrogens is 375 g/mol. The van der Waals surface area contributed by atoms with E-state index in [0.717, 1.165) is 17.1 Å². The summed E-state index contributed by atoms with van der Waals surface area (Å²) in [4.78, 5) is 17.8. The number of fused-ring (bicyclic) bond motifs is 1. The third-order valence-electron chi connectivity index (χ3n) is 4.00. The van der Waals surface area contributed by atoms with Crippen molar-refractivity contribution in [2.24, 2.45) is 0 Å². The van der Waals surface area contributed by atoms with Crippen LogP contribution in [0.25, 0.3) is 16.2 Å². The van der Waals surface area contributed by atoms with Gasteiger partial charge in [-0.25, -0.2) is 4.98 Å². The highest BCUT2D eigenvalue weighted by Crippen LogP contribution is 2.31. The Morgan fingerprint density at radius 2 is 1.93 bits per heavy atom. The number of carbonyl (C=O) groups excluding carboxylic acids is 1. The van der Waals surface area contributed by atoms with Gasteiger partial charge in [0.25, 0.3) is 5.91 Å². The Hall–Kier alpha value is -3.13. The van der Waals surface area contributed by atoms with Gasteiger partial charge >= 0.3 is 6.18 Å². The lowest BCUT2D eigenvalue weighted by Crippen LogP contribution is -2.14. The molecule has 136 valence electrons. The normalized spacial score (nSPS) is 11.7. The monoisotopic (exact) mass is 387 g/mol. The number of thiazole rings is 1. The van der Waals surface area contributed by atoms with Gasteiger partial charge in [0.1, 0.15) is 0 Å². The van der Waals surface area contributed by atoms with Crippen molar-refractivity contribution in [2.75, 3.05) is 5.32 Å². The molecular formula is C19H12F3N3OS. The number of hydrogen-bond acceptors (Lipinski definition) is 3. The van der Waals surface area contributed by atoms with Gasteiger partial charge in [0.05, 0.1) is 16.9 Å². The fourth-order valence-electron chi connectivity index (χ4n) is 2.70. The number of halogens is 3. The predicted octanol–water partition coefficient (Wildman–Crippen LogP) is 5.33. The Balaban J connectivity index is 1.65. The Morgan fingerprint density at radius 3 is 2.70 bits per heavy atom. The van der Waals surface area contributed by atoms with Crippen molar-refractivity contribution in [3.63, 3.8) is 0 Å². The molecule has 2 aromatic heterocycles. The van der Waals surface area contributed by atoms with Gasteiger partial charge in [0, 0.05) is 28.9 Å². The second kappa shape index (κ2) is 6.55. The van der Waals surface area contributed by atoms with E-state index in [1.165, 1.54) is 23.5 Å². The maximum atomic E-state index is 12.9. The molecule has 0 aliphatic carbocycles. The van der Waals surface area contributed by atoms with Crippen molar-refractivity contribution < 1.29 is 18.0 Å². The number of imidazole rings is 1. The SMILES string of the molecule is O=C(Nc1ccccc1-c1cn2ccsc2n1)c1cccc(C(F)(F)F)c1. The molecule has 4 rings (SSSR count). The van der Waals surface area contributed by atoms with Crippen molar-refractivity contribution in [2.45, 2.75) is 6.18 Å². The van der Waals surface area contributed by atoms with Gasteiger partial charge in [-0.1, -0.05) is 24.3 Å². The number of hydrogen-bond donors (Lipinski definition) is 1. The Bertz CT molecular complexity index is 1100. The van der Waals surface area contributed by atoms with Gasteiger partial charge in [-0.05, 0) is 24.3 Å². The number of aromatic nitrogens is 2. The van der Waals surface area contributed by atoms with Crippen LogP contribution in [0.1, 0.15) is 15.9 Å². The fraction of sp³-hybridized carbons (Fsp3) is 0.0526. The van der Waals surface area contributed by atoms with Gasteiger partial charge in [-0.15, -0.1) is 11.3 Å². The van der Waals surface area contributed by atoms with Crippen LogP contribution in [0, 0.1) is 0 Å². The van der Waals surface area contributed by atoms with Crippen molar-refractivity contribution in [3.05, 3.63) is 77.4 Å². The first-order valence-electron chi connectivity index (χ1n) is 7.92. The van der Waals surface area contributed by atoms with Crippen LogP contribution in [-0.4, -0.2) is 15.3 Å². The number of anilines is 1. The minimum Gasteiger partial charge on any atom is -0.321 e.